The van der Waals surface area contributed by atoms with Crippen LogP contribution < -0.4 is 20.3 Å². The number of nitrogens with zero attached hydrogens (tertiary/aromatic N) is 3. The van der Waals surface area contributed by atoms with E-state index in [0.29, 0.717) is 19.7 Å². The second-order valence-corrected chi connectivity index (χ2v) is 5.97. The van der Waals surface area contributed by atoms with Gasteiger partial charge < -0.3 is 20.3 Å². The summed E-state index contributed by atoms with van der Waals surface area (Å²) in [5.74, 6) is 2.59. The molecule has 140 valence electrons. The van der Waals surface area contributed by atoms with E-state index in [1.165, 1.54) is 0 Å². The molecule has 0 spiro atoms. The van der Waals surface area contributed by atoms with Crippen molar-refractivity contribution in [1.29, 1.82) is 0 Å². The molecular formula is C20H29N5O. The molecule has 0 aliphatic carbocycles. The fourth-order valence-electron chi connectivity index (χ4n) is 2.43. The molecule has 0 aliphatic heterocycles. The van der Waals surface area contributed by atoms with Crippen molar-refractivity contribution < 1.29 is 4.74 Å². The van der Waals surface area contributed by atoms with Crippen LogP contribution in [-0.4, -0.2) is 38.2 Å². The van der Waals surface area contributed by atoms with E-state index in [1.807, 2.05) is 68.4 Å². The first-order chi connectivity index (χ1) is 12.6. The third-order valence-corrected chi connectivity index (χ3v) is 3.71. The largest absolute Gasteiger partial charge is 0.494 e. The molecule has 0 bridgehead atoms. The van der Waals surface area contributed by atoms with Gasteiger partial charge in [0.1, 0.15) is 11.6 Å². The minimum absolute atomic E-state index is 0.552. The Hall–Kier alpha value is -2.76. The van der Waals surface area contributed by atoms with Gasteiger partial charge in [0.15, 0.2) is 5.96 Å². The quantitative estimate of drug-likeness (QED) is 0.563. The molecule has 0 atom stereocenters. The first-order valence-electron chi connectivity index (χ1n) is 9.00. The van der Waals surface area contributed by atoms with Gasteiger partial charge in [0.25, 0.3) is 0 Å². The number of nitrogens with one attached hydrogen (secondary N) is 2. The summed E-state index contributed by atoms with van der Waals surface area (Å²) in [6, 6.07) is 14.0. The maximum Gasteiger partial charge on any atom is 0.191 e. The normalized spacial score (nSPS) is 11.2. The van der Waals surface area contributed by atoms with Gasteiger partial charge in [-0.3, -0.25) is 0 Å². The molecular weight excluding hydrogens is 326 g/mol. The zero-order valence-corrected chi connectivity index (χ0v) is 16.1. The highest BCUT2D eigenvalue weighted by Crippen LogP contribution is 2.18. The van der Waals surface area contributed by atoms with Crippen molar-refractivity contribution in [3.05, 3.63) is 53.7 Å². The van der Waals surface area contributed by atoms with Gasteiger partial charge in [0.2, 0.25) is 0 Å². The molecule has 1 aromatic carbocycles. The summed E-state index contributed by atoms with van der Waals surface area (Å²) in [5, 5.41) is 6.61. The summed E-state index contributed by atoms with van der Waals surface area (Å²) >= 11 is 0. The van der Waals surface area contributed by atoms with Crippen molar-refractivity contribution in [3.8, 4) is 5.75 Å². The number of guanidine groups is 1. The Labute approximate surface area is 156 Å². The molecule has 1 aromatic heterocycles. The average molecular weight is 355 g/mol. The van der Waals surface area contributed by atoms with E-state index in [9.17, 15) is 0 Å². The molecule has 0 fully saturated rings. The number of hydrogen-bond acceptors (Lipinski definition) is 4. The third kappa shape index (κ3) is 5.95. The third-order valence-electron chi connectivity index (χ3n) is 3.71. The Bertz CT molecular complexity index is 715. The van der Waals surface area contributed by atoms with Crippen LogP contribution in [0, 0.1) is 0 Å². The van der Waals surface area contributed by atoms with Gasteiger partial charge in [-0.2, -0.15) is 0 Å². The topological polar surface area (TPSA) is 61.8 Å². The molecule has 6 nitrogen and oxygen atoms in total. The van der Waals surface area contributed by atoms with E-state index in [-0.39, 0.29) is 0 Å². The second kappa shape index (κ2) is 10.3. The number of aliphatic imine (C=N–C) groups is 1. The van der Waals surface area contributed by atoms with Crippen LogP contribution in [0.4, 0.5) is 5.82 Å². The summed E-state index contributed by atoms with van der Waals surface area (Å²) in [7, 11) is 3.97. The lowest BCUT2D eigenvalue weighted by atomic mass is 10.2. The molecule has 2 rings (SSSR count). The molecule has 0 aliphatic rings. The van der Waals surface area contributed by atoms with Gasteiger partial charge in [0.05, 0.1) is 25.4 Å². The summed E-state index contributed by atoms with van der Waals surface area (Å²) in [4.78, 5) is 11.3. The van der Waals surface area contributed by atoms with Gasteiger partial charge in [-0.15, -0.1) is 0 Å². The zero-order valence-electron chi connectivity index (χ0n) is 16.1. The molecule has 0 saturated carbocycles. The molecule has 0 saturated heterocycles. The van der Waals surface area contributed by atoms with Gasteiger partial charge >= 0.3 is 0 Å². The molecule has 2 N–H and O–H groups in total. The van der Waals surface area contributed by atoms with Crippen molar-refractivity contribution in [2.75, 3.05) is 32.1 Å². The highest BCUT2D eigenvalue weighted by atomic mass is 16.5. The Morgan fingerprint density at radius 1 is 1.08 bits per heavy atom. The molecule has 0 radical (unpaired) electrons. The van der Waals surface area contributed by atoms with Crippen molar-refractivity contribution in [3.63, 3.8) is 0 Å². The summed E-state index contributed by atoms with van der Waals surface area (Å²) in [6.45, 7) is 6.64. The van der Waals surface area contributed by atoms with E-state index in [2.05, 4.69) is 27.5 Å². The summed E-state index contributed by atoms with van der Waals surface area (Å²) in [6.07, 6.45) is 0. The number of benzene rings is 1. The predicted octanol–water partition coefficient (Wildman–Crippen LogP) is 2.80. The lowest BCUT2D eigenvalue weighted by Gasteiger charge is -2.14. The van der Waals surface area contributed by atoms with E-state index in [4.69, 9.17) is 4.74 Å². The summed E-state index contributed by atoms with van der Waals surface area (Å²) in [5.41, 5.74) is 2.04. The first-order valence-corrected chi connectivity index (χ1v) is 9.00. The van der Waals surface area contributed by atoms with E-state index in [1.54, 1.807) is 0 Å². The Morgan fingerprint density at radius 2 is 1.88 bits per heavy atom. The van der Waals surface area contributed by atoms with E-state index >= 15 is 0 Å². The van der Waals surface area contributed by atoms with Gasteiger partial charge in [-0.1, -0.05) is 24.3 Å². The first kappa shape index (κ1) is 19.6. The number of pyridine rings is 1. The molecule has 6 heteroatoms. The highest BCUT2D eigenvalue weighted by molar-refractivity contribution is 5.79. The fraction of sp³-hybridized carbons (Fsp3) is 0.400. The van der Waals surface area contributed by atoms with Crippen LogP contribution in [-0.2, 0) is 13.1 Å². The molecule has 26 heavy (non-hydrogen) atoms. The van der Waals surface area contributed by atoms with Crippen LogP contribution in [0.3, 0.4) is 0 Å². The molecule has 0 amide bonds. The number of aromatic nitrogens is 1. The Morgan fingerprint density at radius 3 is 2.62 bits per heavy atom. The van der Waals surface area contributed by atoms with Crippen molar-refractivity contribution in [2.45, 2.75) is 26.9 Å². The fourth-order valence-corrected chi connectivity index (χ4v) is 2.43. The number of para-hydroxylation sites is 1. The minimum atomic E-state index is 0.552. The van der Waals surface area contributed by atoms with Gasteiger partial charge in [-0.25, -0.2) is 9.98 Å². The standard InChI is InChI=1S/C20H29N5O/c1-5-21-20(22-14-16-10-7-8-12-18(16)26-6-2)23-15-17-11-9-13-19(24-17)25(3)4/h7-13H,5-6,14-15H2,1-4H3,(H2,21,22,23). The molecule has 1 heterocycles. The van der Waals surface area contributed by atoms with Crippen molar-refractivity contribution in [1.82, 2.24) is 15.6 Å². The van der Waals surface area contributed by atoms with Crippen LogP contribution in [0.15, 0.2) is 47.5 Å². The minimum Gasteiger partial charge on any atom is -0.494 e. The second-order valence-electron chi connectivity index (χ2n) is 5.97. The Kier molecular flexibility index (Phi) is 7.74. The smallest absolute Gasteiger partial charge is 0.191 e. The van der Waals surface area contributed by atoms with Crippen LogP contribution in [0.1, 0.15) is 25.1 Å². The number of ether oxygens (including phenoxy) is 1. The van der Waals surface area contributed by atoms with E-state index in [0.717, 1.165) is 35.3 Å². The number of hydrogen-bond donors (Lipinski definition) is 2. The van der Waals surface area contributed by atoms with E-state index < -0.39 is 0 Å². The zero-order chi connectivity index (χ0) is 18.8. The number of rotatable bonds is 8. The van der Waals surface area contributed by atoms with Crippen LogP contribution >= 0.6 is 0 Å². The lowest BCUT2D eigenvalue weighted by molar-refractivity contribution is 0.336. The van der Waals surface area contributed by atoms with Crippen LogP contribution in [0.5, 0.6) is 5.75 Å². The summed E-state index contributed by atoms with van der Waals surface area (Å²) < 4.78 is 5.67. The van der Waals surface area contributed by atoms with Crippen molar-refractivity contribution in [2.24, 2.45) is 4.99 Å². The van der Waals surface area contributed by atoms with Crippen LogP contribution in [0.2, 0.25) is 0 Å². The van der Waals surface area contributed by atoms with Crippen LogP contribution in [0.25, 0.3) is 0 Å². The predicted molar refractivity (Wildman–Crippen MR) is 108 cm³/mol. The average Bonchev–Trinajstić information content (AvgIpc) is 2.65. The maximum atomic E-state index is 5.67. The Balaban J connectivity index is 2.04. The SMILES string of the molecule is CCNC(=NCc1ccccc1OCC)NCc1cccc(N(C)C)n1. The van der Waals surface area contributed by atoms with Crippen molar-refractivity contribution >= 4 is 11.8 Å². The lowest BCUT2D eigenvalue weighted by Crippen LogP contribution is -2.37. The van der Waals surface area contributed by atoms with Gasteiger partial charge in [0, 0.05) is 26.2 Å². The van der Waals surface area contributed by atoms with Gasteiger partial charge in [-0.05, 0) is 32.0 Å². The number of anilines is 1. The molecule has 0 unspecified atom stereocenters. The highest BCUT2D eigenvalue weighted by Gasteiger charge is 2.04. The maximum absolute atomic E-state index is 5.67. The molecule has 2 aromatic rings. The monoisotopic (exact) mass is 355 g/mol.